The standard InChI is InChI=1S/C14H26N2O2/c1-3-4-6-12(14(17)18-2)15-11-8-10-16-9-5-7-13(11)16/h11-13,15H,3-10H2,1-2H3. The Morgan fingerprint density at radius 2 is 2.28 bits per heavy atom. The van der Waals surface area contributed by atoms with E-state index in [1.807, 2.05) is 0 Å². The molecule has 4 heteroatoms. The van der Waals surface area contributed by atoms with Crippen LogP contribution in [-0.2, 0) is 9.53 Å². The van der Waals surface area contributed by atoms with Gasteiger partial charge in [-0.25, -0.2) is 0 Å². The van der Waals surface area contributed by atoms with Crippen molar-refractivity contribution in [3.8, 4) is 0 Å². The summed E-state index contributed by atoms with van der Waals surface area (Å²) in [5.74, 6) is -0.0973. The van der Waals surface area contributed by atoms with Gasteiger partial charge in [0.2, 0.25) is 0 Å². The SMILES string of the molecule is CCCCC(NC1CCN2CCCC12)C(=O)OC. The molecule has 0 bridgehead atoms. The first-order valence-electron chi connectivity index (χ1n) is 7.34. The van der Waals surface area contributed by atoms with Gasteiger partial charge in [-0.3, -0.25) is 15.0 Å². The van der Waals surface area contributed by atoms with Crippen LogP contribution >= 0.6 is 0 Å². The molecule has 0 aromatic heterocycles. The molecular formula is C14H26N2O2. The van der Waals surface area contributed by atoms with Gasteiger partial charge in [0.25, 0.3) is 0 Å². The second-order valence-electron chi connectivity index (χ2n) is 5.53. The van der Waals surface area contributed by atoms with Crippen molar-refractivity contribution in [2.24, 2.45) is 0 Å². The third-order valence-corrected chi connectivity index (χ3v) is 4.35. The van der Waals surface area contributed by atoms with Gasteiger partial charge in [-0.15, -0.1) is 0 Å². The van der Waals surface area contributed by atoms with Gasteiger partial charge in [0.15, 0.2) is 0 Å². The van der Waals surface area contributed by atoms with Crippen LogP contribution in [0.15, 0.2) is 0 Å². The Kier molecular flexibility index (Phi) is 5.01. The molecule has 0 saturated carbocycles. The van der Waals surface area contributed by atoms with E-state index in [9.17, 15) is 4.79 Å². The highest BCUT2D eigenvalue weighted by Gasteiger charge is 2.38. The third-order valence-electron chi connectivity index (χ3n) is 4.35. The second-order valence-corrected chi connectivity index (χ2v) is 5.53. The van der Waals surface area contributed by atoms with Crippen molar-refractivity contribution in [3.05, 3.63) is 0 Å². The first-order valence-corrected chi connectivity index (χ1v) is 7.34. The molecule has 2 aliphatic rings. The average molecular weight is 254 g/mol. The smallest absolute Gasteiger partial charge is 0.322 e. The molecule has 4 nitrogen and oxygen atoms in total. The van der Waals surface area contributed by atoms with Crippen LogP contribution < -0.4 is 5.32 Å². The number of hydrogen-bond donors (Lipinski definition) is 1. The van der Waals surface area contributed by atoms with Crippen molar-refractivity contribution in [3.63, 3.8) is 0 Å². The molecule has 3 unspecified atom stereocenters. The lowest BCUT2D eigenvalue weighted by Gasteiger charge is -2.25. The fourth-order valence-electron chi connectivity index (χ4n) is 3.36. The molecular weight excluding hydrogens is 228 g/mol. The summed E-state index contributed by atoms with van der Waals surface area (Å²) in [6, 6.07) is 1.02. The van der Waals surface area contributed by atoms with Crippen LogP contribution in [0.1, 0.15) is 45.4 Å². The van der Waals surface area contributed by atoms with Crippen molar-refractivity contribution in [1.82, 2.24) is 10.2 Å². The first kappa shape index (κ1) is 13.8. The minimum Gasteiger partial charge on any atom is -0.468 e. The van der Waals surface area contributed by atoms with E-state index >= 15 is 0 Å². The van der Waals surface area contributed by atoms with Crippen molar-refractivity contribution in [2.45, 2.75) is 63.6 Å². The molecule has 3 atom stereocenters. The number of esters is 1. The molecule has 0 aliphatic carbocycles. The predicted molar refractivity (Wildman–Crippen MR) is 71.5 cm³/mol. The van der Waals surface area contributed by atoms with E-state index in [0.717, 1.165) is 19.3 Å². The van der Waals surface area contributed by atoms with Crippen molar-refractivity contribution in [1.29, 1.82) is 0 Å². The molecule has 0 amide bonds. The molecule has 104 valence electrons. The van der Waals surface area contributed by atoms with Gasteiger partial charge >= 0.3 is 5.97 Å². The molecule has 1 N–H and O–H groups in total. The van der Waals surface area contributed by atoms with Crippen LogP contribution in [0.2, 0.25) is 0 Å². The molecule has 2 aliphatic heterocycles. The molecule has 18 heavy (non-hydrogen) atoms. The third kappa shape index (κ3) is 3.04. The number of rotatable bonds is 6. The molecule has 0 spiro atoms. The minimum atomic E-state index is -0.111. The topological polar surface area (TPSA) is 41.6 Å². The second kappa shape index (κ2) is 6.53. The summed E-state index contributed by atoms with van der Waals surface area (Å²) in [7, 11) is 1.49. The zero-order valence-corrected chi connectivity index (χ0v) is 11.7. The number of carbonyl (C=O) groups excluding carboxylic acids is 1. The Morgan fingerprint density at radius 1 is 1.44 bits per heavy atom. The first-order chi connectivity index (χ1) is 8.76. The maximum atomic E-state index is 11.8. The number of methoxy groups -OCH3 is 1. The van der Waals surface area contributed by atoms with Crippen LogP contribution in [0.25, 0.3) is 0 Å². The Morgan fingerprint density at radius 3 is 3.00 bits per heavy atom. The van der Waals surface area contributed by atoms with Gasteiger partial charge in [0.1, 0.15) is 6.04 Å². The van der Waals surface area contributed by atoms with Gasteiger partial charge in [0.05, 0.1) is 7.11 Å². The van der Waals surface area contributed by atoms with E-state index in [4.69, 9.17) is 4.74 Å². The molecule has 2 rings (SSSR count). The largest absolute Gasteiger partial charge is 0.468 e. The van der Waals surface area contributed by atoms with Crippen LogP contribution in [0, 0.1) is 0 Å². The fourth-order valence-corrected chi connectivity index (χ4v) is 3.36. The lowest BCUT2D eigenvalue weighted by atomic mass is 10.0. The van der Waals surface area contributed by atoms with Gasteiger partial charge in [-0.05, 0) is 32.2 Å². The Hall–Kier alpha value is -0.610. The Balaban J connectivity index is 1.89. The number of nitrogens with one attached hydrogen (secondary N) is 1. The number of fused-ring (bicyclic) bond motifs is 1. The van der Waals surface area contributed by atoms with Crippen LogP contribution in [-0.4, -0.2) is 49.2 Å². The summed E-state index contributed by atoms with van der Waals surface area (Å²) >= 11 is 0. The number of carbonyl (C=O) groups is 1. The Bertz CT molecular complexity index is 283. The normalized spacial score (nSPS) is 29.2. The zero-order chi connectivity index (χ0) is 13.0. The maximum absolute atomic E-state index is 11.8. The quantitative estimate of drug-likeness (QED) is 0.730. The molecule has 2 fully saturated rings. The van der Waals surface area contributed by atoms with E-state index in [0.29, 0.717) is 12.1 Å². The number of ether oxygens (including phenoxy) is 1. The van der Waals surface area contributed by atoms with E-state index in [1.165, 1.54) is 39.5 Å². The van der Waals surface area contributed by atoms with Gasteiger partial charge in [-0.2, -0.15) is 0 Å². The van der Waals surface area contributed by atoms with Gasteiger partial charge < -0.3 is 4.74 Å². The zero-order valence-electron chi connectivity index (χ0n) is 11.7. The number of unbranched alkanes of at least 4 members (excludes halogenated alkanes) is 1. The van der Waals surface area contributed by atoms with Crippen molar-refractivity contribution >= 4 is 5.97 Å². The Labute approximate surface area is 110 Å². The molecule has 0 aromatic rings. The van der Waals surface area contributed by atoms with Crippen molar-refractivity contribution in [2.75, 3.05) is 20.2 Å². The number of nitrogens with zero attached hydrogens (tertiary/aromatic N) is 1. The van der Waals surface area contributed by atoms with E-state index in [1.54, 1.807) is 0 Å². The summed E-state index contributed by atoms with van der Waals surface area (Å²) in [5, 5.41) is 3.56. The van der Waals surface area contributed by atoms with E-state index in [2.05, 4.69) is 17.1 Å². The predicted octanol–water partition coefficient (Wildman–Crippen LogP) is 1.54. The number of hydrogen-bond acceptors (Lipinski definition) is 4. The van der Waals surface area contributed by atoms with Gasteiger partial charge in [-0.1, -0.05) is 19.8 Å². The lowest BCUT2D eigenvalue weighted by molar-refractivity contribution is -0.143. The van der Waals surface area contributed by atoms with Crippen LogP contribution in [0.5, 0.6) is 0 Å². The summed E-state index contributed by atoms with van der Waals surface area (Å²) < 4.78 is 4.92. The monoisotopic (exact) mass is 254 g/mol. The summed E-state index contributed by atoms with van der Waals surface area (Å²) in [5.41, 5.74) is 0. The average Bonchev–Trinajstić information content (AvgIpc) is 2.97. The highest BCUT2D eigenvalue weighted by molar-refractivity contribution is 5.75. The molecule has 2 heterocycles. The lowest BCUT2D eigenvalue weighted by Crippen LogP contribution is -2.48. The maximum Gasteiger partial charge on any atom is 0.322 e. The highest BCUT2D eigenvalue weighted by Crippen LogP contribution is 2.28. The van der Waals surface area contributed by atoms with Crippen LogP contribution in [0.3, 0.4) is 0 Å². The van der Waals surface area contributed by atoms with E-state index < -0.39 is 0 Å². The minimum absolute atomic E-state index is 0.0973. The van der Waals surface area contributed by atoms with Gasteiger partial charge in [0, 0.05) is 18.6 Å². The summed E-state index contributed by atoms with van der Waals surface area (Å²) in [6.07, 6.45) is 6.85. The highest BCUT2D eigenvalue weighted by atomic mass is 16.5. The van der Waals surface area contributed by atoms with Crippen molar-refractivity contribution < 1.29 is 9.53 Å². The van der Waals surface area contributed by atoms with Crippen LogP contribution in [0.4, 0.5) is 0 Å². The molecule has 2 saturated heterocycles. The summed E-state index contributed by atoms with van der Waals surface area (Å²) in [6.45, 7) is 4.58. The fraction of sp³-hybridized carbons (Fsp3) is 0.929. The molecule has 0 radical (unpaired) electrons. The van der Waals surface area contributed by atoms with E-state index in [-0.39, 0.29) is 12.0 Å². The molecule has 0 aromatic carbocycles. The summed E-state index contributed by atoms with van der Waals surface area (Å²) in [4.78, 5) is 14.4.